The normalized spacial score (nSPS) is 8.95. The van der Waals surface area contributed by atoms with Crippen LogP contribution >= 0.6 is 0 Å². The summed E-state index contributed by atoms with van der Waals surface area (Å²) in [6, 6.07) is 0. The molecule has 0 rings (SSSR count). The van der Waals surface area contributed by atoms with Crippen molar-refractivity contribution >= 4 is 49.7 Å². The Morgan fingerprint density at radius 3 is 1.21 bits per heavy atom. The molecule has 0 radical (unpaired) electrons. The van der Waals surface area contributed by atoms with Crippen LogP contribution in [0, 0.1) is 0 Å². The molecule has 0 heterocycles. The van der Waals surface area contributed by atoms with Crippen LogP contribution in [0.5, 0.6) is 0 Å². The van der Waals surface area contributed by atoms with Crippen LogP contribution < -0.4 is 10.2 Å². The quantitative estimate of drug-likeness (QED) is 0.363. The molecule has 0 unspecified atom stereocenters. The smallest absolute Gasteiger partial charge is 0.550 e. The third-order valence-corrected chi connectivity index (χ3v) is 2.08. The van der Waals surface area contributed by atoms with E-state index in [1.807, 2.05) is 0 Å². The van der Waals surface area contributed by atoms with Gasteiger partial charge in [-0.25, -0.2) is 0 Å². The van der Waals surface area contributed by atoms with E-state index in [-0.39, 0.29) is 63.8 Å². The molecule has 0 aromatic carbocycles. The van der Waals surface area contributed by atoms with Crippen LogP contribution in [-0.4, -0.2) is 73.1 Å². The molecule has 0 aliphatic heterocycles. The summed E-state index contributed by atoms with van der Waals surface area (Å²) in [4.78, 5) is 19.6. The van der Waals surface area contributed by atoms with Crippen LogP contribution in [0.4, 0.5) is 0 Å². The van der Waals surface area contributed by atoms with E-state index in [0.29, 0.717) is 25.7 Å². The molecule has 2 N–H and O–H groups in total. The largest absolute Gasteiger partial charge is 2.00 e. The van der Waals surface area contributed by atoms with E-state index in [9.17, 15) is 19.8 Å². The number of aliphatic carboxylic acids is 2. The molecule has 0 aromatic heterocycles. The molecule has 6 nitrogen and oxygen atoms in total. The van der Waals surface area contributed by atoms with Crippen molar-refractivity contribution in [2.24, 2.45) is 0 Å². The van der Waals surface area contributed by atoms with Crippen LogP contribution in [0.2, 0.25) is 0 Å². The number of carboxylic acid groups (broad SMARTS) is 2. The van der Waals surface area contributed by atoms with Crippen molar-refractivity contribution in [2.75, 3.05) is 13.2 Å². The molecule has 7 heteroatoms. The van der Waals surface area contributed by atoms with Gasteiger partial charge in [-0.3, -0.25) is 0 Å². The van der Waals surface area contributed by atoms with Gasteiger partial charge in [0, 0.05) is 25.2 Å². The molecule has 0 spiro atoms. The Morgan fingerprint density at radius 2 is 1.00 bits per heavy atom. The zero-order valence-electron chi connectivity index (χ0n) is 11.3. The number of rotatable bonds is 10. The summed E-state index contributed by atoms with van der Waals surface area (Å²) < 4.78 is 0. The number of carbonyl (C=O) groups is 2. The second-order valence-corrected chi connectivity index (χ2v) is 3.81. The van der Waals surface area contributed by atoms with E-state index in [1.165, 1.54) is 0 Å². The van der Waals surface area contributed by atoms with Gasteiger partial charge in [-0.15, -0.1) is 0 Å². The van der Waals surface area contributed by atoms with Gasteiger partial charge in [0.2, 0.25) is 0 Å². The van der Waals surface area contributed by atoms with E-state index in [4.69, 9.17) is 10.2 Å². The fraction of sp³-hybridized carbons (Fsp3) is 0.833. The monoisotopic (exact) mass is 302 g/mol. The molecule has 19 heavy (non-hydrogen) atoms. The van der Waals surface area contributed by atoms with Gasteiger partial charge in [0.25, 0.3) is 0 Å². The maximum absolute atomic E-state index is 9.79. The zero-order chi connectivity index (χ0) is 14.2. The van der Waals surface area contributed by atoms with Crippen molar-refractivity contribution < 1.29 is 30.0 Å². The van der Waals surface area contributed by atoms with Crippen molar-refractivity contribution in [3.63, 3.8) is 0 Å². The van der Waals surface area contributed by atoms with Crippen molar-refractivity contribution in [1.82, 2.24) is 0 Å². The van der Waals surface area contributed by atoms with Gasteiger partial charge in [0.05, 0.1) is 0 Å². The van der Waals surface area contributed by atoms with Gasteiger partial charge >= 0.3 is 37.7 Å². The summed E-state index contributed by atoms with van der Waals surface area (Å²) in [6.07, 6.45) is 4.36. The Hall–Kier alpha value is 0.120. The summed E-state index contributed by atoms with van der Waals surface area (Å²) in [7, 11) is 0. The summed E-state index contributed by atoms with van der Waals surface area (Å²) in [5.41, 5.74) is 0. The van der Waals surface area contributed by atoms with Crippen molar-refractivity contribution in [2.45, 2.75) is 51.4 Å². The van der Waals surface area contributed by atoms with E-state index in [1.54, 1.807) is 0 Å². The molecule has 108 valence electrons. The average Bonchev–Trinajstić information content (AvgIpc) is 2.31. The van der Waals surface area contributed by atoms with Crippen molar-refractivity contribution in [3.05, 3.63) is 0 Å². The van der Waals surface area contributed by atoms with E-state index in [0.717, 1.165) is 12.8 Å². The Morgan fingerprint density at radius 1 is 0.684 bits per heavy atom. The predicted octanol–water partition coefficient (Wildman–Crippen LogP) is -1.80. The summed E-state index contributed by atoms with van der Waals surface area (Å²) in [5.74, 6) is -2.01. The Kier molecular flexibility index (Phi) is 26.0. The first-order chi connectivity index (χ1) is 8.54. The maximum atomic E-state index is 9.79. The first-order valence-corrected chi connectivity index (χ1v) is 6.16. The van der Waals surface area contributed by atoms with Gasteiger partial charge in [0.15, 0.2) is 0 Å². The van der Waals surface area contributed by atoms with Crippen LogP contribution in [0.15, 0.2) is 0 Å². The summed E-state index contributed by atoms with van der Waals surface area (Å²) >= 11 is 0. The molecule has 0 atom stereocenters. The summed E-state index contributed by atoms with van der Waals surface area (Å²) in [6.45, 7) is 0.292. The van der Waals surface area contributed by atoms with E-state index >= 15 is 0 Å². The Balaban J connectivity index is -0.000000256. The molecule has 0 saturated carbocycles. The Bertz CT molecular complexity index is 188. The SMILES string of the molecule is O=C([O-])CCCCCO.O=C([O-])CCCCCO.[Ca+2]. The molecule has 0 bridgehead atoms. The zero-order valence-corrected chi connectivity index (χ0v) is 13.5. The number of hydrogen-bond acceptors (Lipinski definition) is 6. The van der Waals surface area contributed by atoms with Crippen LogP contribution in [0.25, 0.3) is 0 Å². The molecule has 0 fully saturated rings. The average molecular weight is 302 g/mol. The fourth-order valence-corrected chi connectivity index (χ4v) is 1.12. The fourth-order valence-electron chi connectivity index (χ4n) is 1.12. The number of aliphatic hydroxyl groups is 2. The molecular weight excluding hydrogens is 280 g/mol. The van der Waals surface area contributed by atoms with Gasteiger partial charge in [-0.1, -0.05) is 12.8 Å². The van der Waals surface area contributed by atoms with E-state index in [2.05, 4.69) is 0 Å². The molecule has 0 amide bonds. The number of aliphatic hydroxyl groups excluding tert-OH is 2. The number of carbonyl (C=O) groups excluding carboxylic acids is 2. The molecule has 0 aliphatic carbocycles. The molecule has 0 saturated heterocycles. The van der Waals surface area contributed by atoms with Gasteiger partial charge < -0.3 is 30.0 Å². The number of unbranched alkanes of at least 4 members (excludes halogenated alkanes) is 4. The number of hydrogen-bond donors (Lipinski definition) is 2. The maximum Gasteiger partial charge on any atom is 2.00 e. The first kappa shape index (κ1) is 24.2. The van der Waals surface area contributed by atoms with Gasteiger partial charge in [-0.2, -0.15) is 0 Å². The van der Waals surface area contributed by atoms with Crippen molar-refractivity contribution in [3.8, 4) is 0 Å². The first-order valence-electron chi connectivity index (χ1n) is 6.16. The molecule has 0 aliphatic rings. The second-order valence-electron chi connectivity index (χ2n) is 3.81. The van der Waals surface area contributed by atoms with Crippen LogP contribution in [0.1, 0.15) is 51.4 Å². The number of carboxylic acids is 2. The minimum absolute atomic E-state index is 0. The van der Waals surface area contributed by atoms with E-state index < -0.39 is 11.9 Å². The van der Waals surface area contributed by atoms with Crippen molar-refractivity contribution in [1.29, 1.82) is 0 Å². The topological polar surface area (TPSA) is 121 Å². The third kappa shape index (κ3) is 32.1. The molecular formula is C12H22CaO6. The van der Waals surface area contributed by atoms with Crippen LogP contribution in [0.3, 0.4) is 0 Å². The summed E-state index contributed by atoms with van der Waals surface area (Å²) in [5, 5.41) is 36.1. The molecule has 0 aromatic rings. The standard InChI is InChI=1S/2C6H12O3.Ca/c2*7-5-3-1-2-4-6(8)9;/h2*7H,1-5H2,(H,8,9);/q;;+2/p-2. The second kappa shape index (κ2) is 20.4. The third-order valence-electron chi connectivity index (χ3n) is 2.08. The van der Waals surface area contributed by atoms with Gasteiger partial charge in [0.1, 0.15) is 0 Å². The minimum atomic E-state index is -1.01. The van der Waals surface area contributed by atoms with Crippen LogP contribution in [-0.2, 0) is 9.59 Å². The predicted molar refractivity (Wildman–Crippen MR) is 66.9 cm³/mol. The Labute approximate surface area is 143 Å². The van der Waals surface area contributed by atoms with Gasteiger partial charge in [-0.05, 0) is 38.5 Å². The minimum Gasteiger partial charge on any atom is -0.550 e.